The predicted molar refractivity (Wildman–Crippen MR) is 78.3 cm³/mol. The Balaban J connectivity index is 2.02. The third kappa shape index (κ3) is 2.84. The molecule has 0 saturated heterocycles. The second-order valence-corrected chi connectivity index (χ2v) is 7.30. The molecule has 24 heavy (non-hydrogen) atoms. The maximum absolute atomic E-state index is 13.8. The van der Waals surface area contributed by atoms with Crippen molar-refractivity contribution in [3.05, 3.63) is 47.0 Å². The Morgan fingerprint density at radius 3 is 2.50 bits per heavy atom. The molecule has 0 amide bonds. The van der Waals surface area contributed by atoms with Gasteiger partial charge in [0.25, 0.3) is 10.0 Å². The molecule has 0 spiro atoms. The number of hydrogen-bond donors (Lipinski definition) is 2. The number of rotatable bonds is 3. The summed E-state index contributed by atoms with van der Waals surface area (Å²) in [5, 5.41) is 1.62. The highest BCUT2D eigenvalue weighted by atomic mass is 32.2. The normalized spacial score (nSPS) is 12.7. The van der Waals surface area contributed by atoms with Crippen molar-refractivity contribution < 1.29 is 30.4 Å². The summed E-state index contributed by atoms with van der Waals surface area (Å²) in [4.78, 5) is 2.47. The van der Waals surface area contributed by atoms with E-state index in [1.54, 1.807) is 16.2 Å². The number of alkyl halides is 3. The summed E-state index contributed by atoms with van der Waals surface area (Å²) < 4.78 is 91.5. The van der Waals surface area contributed by atoms with E-state index in [2.05, 4.69) is 4.98 Å². The molecule has 3 rings (SSSR count). The van der Waals surface area contributed by atoms with E-state index in [1.165, 1.54) is 0 Å². The van der Waals surface area contributed by atoms with Crippen molar-refractivity contribution in [3.63, 3.8) is 0 Å². The minimum absolute atomic E-state index is 0.0922. The zero-order chi connectivity index (χ0) is 17.7. The lowest BCUT2D eigenvalue weighted by atomic mass is 10.2. The number of nitrogens with one attached hydrogen (secondary N) is 2. The fourth-order valence-electron chi connectivity index (χ4n) is 2.06. The van der Waals surface area contributed by atoms with Gasteiger partial charge < -0.3 is 4.98 Å². The van der Waals surface area contributed by atoms with Crippen molar-refractivity contribution in [2.45, 2.75) is 11.1 Å². The average Bonchev–Trinajstić information content (AvgIpc) is 3.03. The molecule has 0 aliphatic carbocycles. The molecule has 0 aliphatic rings. The van der Waals surface area contributed by atoms with Crippen LogP contribution in [0, 0.1) is 11.6 Å². The van der Waals surface area contributed by atoms with Crippen LogP contribution in [0.1, 0.15) is 5.56 Å². The zero-order valence-electron chi connectivity index (χ0n) is 11.4. The van der Waals surface area contributed by atoms with E-state index < -0.39 is 39.1 Å². The van der Waals surface area contributed by atoms with E-state index in [0.717, 1.165) is 17.5 Å². The smallest absolute Gasteiger partial charge is 0.359 e. The van der Waals surface area contributed by atoms with Crippen LogP contribution in [-0.4, -0.2) is 13.4 Å². The number of halogens is 5. The monoisotopic (exact) mass is 382 g/mol. The zero-order valence-corrected chi connectivity index (χ0v) is 13.0. The van der Waals surface area contributed by atoms with E-state index >= 15 is 0 Å². The van der Waals surface area contributed by atoms with Gasteiger partial charge in [-0.15, -0.1) is 11.3 Å². The molecular weight excluding hydrogens is 375 g/mol. The first-order chi connectivity index (χ1) is 11.1. The Hall–Kier alpha value is -2.14. The lowest BCUT2D eigenvalue weighted by Gasteiger charge is -2.12. The number of benzene rings is 1. The second kappa shape index (κ2) is 5.45. The fourth-order valence-corrected chi connectivity index (χ4v) is 4.43. The lowest BCUT2D eigenvalue weighted by molar-refractivity contribution is -0.140. The van der Waals surface area contributed by atoms with Gasteiger partial charge in [-0.1, -0.05) is 0 Å². The van der Waals surface area contributed by atoms with Gasteiger partial charge in [-0.25, -0.2) is 17.2 Å². The summed E-state index contributed by atoms with van der Waals surface area (Å²) in [6.07, 6.45) is -3.94. The molecule has 0 fully saturated rings. The first kappa shape index (κ1) is 16.7. The third-order valence-corrected chi connectivity index (χ3v) is 5.61. The summed E-state index contributed by atoms with van der Waals surface area (Å²) >= 11 is 1.10. The maximum Gasteiger partial charge on any atom is 0.419 e. The molecule has 3 aromatic rings. The Morgan fingerprint density at radius 1 is 1.12 bits per heavy atom. The highest BCUT2D eigenvalue weighted by molar-refractivity contribution is 7.93. The number of sulfonamides is 1. The fraction of sp³-hybridized carbons (Fsp3) is 0.0769. The largest absolute Gasteiger partial charge is 0.419 e. The van der Waals surface area contributed by atoms with Crippen LogP contribution < -0.4 is 4.72 Å². The van der Waals surface area contributed by atoms with Crippen molar-refractivity contribution in [3.8, 4) is 0 Å². The Bertz CT molecular complexity index is 1020. The van der Waals surface area contributed by atoms with Crippen molar-refractivity contribution in [2.24, 2.45) is 0 Å². The molecule has 2 N–H and O–H groups in total. The van der Waals surface area contributed by atoms with Gasteiger partial charge in [0.2, 0.25) is 0 Å². The standard InChI is InChI=1S/C13H7F5N2O2S2/c14-7-4-10(8(15)3-6(7)13(16,17)18)20-24(21,22)11-5-19-9-1-2-23-12(9)11/h1-5,19-20H. The minimum Gasteiger partial charge on any atom is -0.359 e. The molecule has 0 atom stereocenters. The number of aromatic amines is 1. The van der Waals surface area contributed by atoms with Gasteiger partial charge in [-0.3, -0.25) is 4.72 Å². The van der Waals surface area contributed by atoms with Crippen LogP contribution in [0.2, 0.25) is 0 Å². The molecule has 4 nitrogen and oxygen atoms in total. The summed E-state index contributed by atoms with van der Waals surface area (Å²) in [6, 6.07) is 1.69. The molecule has 0 unspecified atom stereocenters. The van der Waals surface area contributed by atoms with Crippen molar-refractivity contribution in [1.82, 2.24) is 4.98 Å². The van der Waals surface area contributed by atoms with Gasteiger partial charge in [0, 0.05) is 12.3 Å². The SMILES string of the molecule is O=S(=O)(Nc1cc(F)c(C(F)(F)F)cc1F)c1c[nH]c2ccsc12. The van der Waals surface area contributed by atoms with E-state index in [4.69, 9.17) is 0 Å². The van der Waals surface area contributed by atoms with Crippen LogP contribution in [-0.2, 0) is 16.2 Å². The average molecular weight is 382 g/mol. The van der Waals surface area contributed by atoms with Gasteiger partial charge >= 0.3 is 6.18 Å². The third-order valence-electron chi connectivity index (χ3n) is 3.14. The summed E-state index contributed by atoms with van der Waals surface area (Å²) in [6.45, 7) is 0. The van der Waals surface area contributed by atoms with Gasteiger partial charge in [-0.2, -0.15) is 13.2 Å². The molecular formula is C13H7F5N2O2S2. The molecule has 11 heteroatoms. The number of anilines is 1. The number of fused-ring (bicyclic) bond motifs is 1. The van der Waals surface area contributed by atoms with Crippen molar-refractivity contribution in [1.29, 1.82) is 0 Å². The van der Waals surface area contributed by atoms with Crippen molar-refractivity contribution >= 4 is 37.3 Å². The molecule has 0 bridgehead atoms. The van der Waals surface area contributed by atoms with Gasteiger partial charge in [0.05, 0.1) is 21.5 Å². The Kier molecular flexibility index (Phi) is 3.79. The number of aromatic nitrogens is 1. The van der Waals surface area contributed by atoms with Crippen LogP contribution >= 0.6 is 11.3 Å². The molecule has 0 saturated carbocycles. The predicted octanol–water partition coefficient (Wildman–Crippen LogP) is 4.33. The van der Waals surface area contributed by atoms with E-state index in [0.29, 0.717) is 10.2 Å². The number of H-pyrrole nitrogens is 1. The molecule has 2 aromatic heterocycles. The minimum atomic E-state index is -5.09. The maximum atomic E-state index is 13.8. The molecule has 128 valence electrons. The molecule has 2 heterocycles. The molecule has 0 aliphatic heterocycles. The quantitative estimate of drug-likeness (QED) is 0.663. The summed E-state index contributed by atoms with van der Waals surface area (Å²) in [5.41, 5.74) is -2.20. The summed E-state index contributed by atoms with van der Waals surface area (Å²) in [7, 11) is -4.31. The summed E-state index contributed by atoms with van der Waals surface area (Å²) in [5.74, 6) is -3.32. The van der Waals surface area contributed by atoms with Crippen LogP contribution in [0.25, 0.3) is 10.2 Å². The molecule has 1 aromatic carbocycles. The first-order valence-electron chi connectivity index (χ1n) is 6.23. The van der Waals surface area contributed by atoms with E-state index in [-0.39, 0.29) is 17.0 Å². The second-order valence-electron chi connectivity index (χ2n) is 4.73. The van der Waals surface area contributed by atoms with Crippen LogP contribution in [0.3, 0.4) is 0 Å². The van der Waals surface area contributed by atoms with E-state index in [9.17, 15) is 30.4 Å². The Labute approximate surface area is 136 Å². The first-order valence-corrected chi connectivity index (χ1v) is 8.59. The van der Waals surface area contributed by atoms with E-state index in [1.807, 2.05) is 0 Å². The highest BCUT2D eigenvalue weighted by Crippen LogP contribution is 2.35. The topological polar surface area (TPSA) is 62.0 Å². The van der Waals surface area contributed by atoms with Crippen LogP contribution in [0.15, 0.2) is 34.7 Å². The lowest BCUT2D eigenvalue weighted by Crippen LogP contribution is -2.15. The highest BCUT2D eigenvalue weighted by Gasteiger charge is 2.35. The molecule has 0 radical (unpaired) electrons. The number of hydrogen-bond acceptors (Lipinski definition) is 3. The van der Waals surface area contributed by atoms with Gasteiger partial charge in [0.15, 0.2) is 0 Å². The van der Waals surface area contributed by atoms with Gasteiger partial charge in [-0.05, 0) is 17.5 Å². The van der Waals surface area contributed by atoms with Crippen LogP contribution in [0.5, 0.6) is 0 Å². The van der Waals surface area contributed by atoms with Crippen LogP contribution in [0.4, 0.5) is 27.6 Å². The Morgan fingerprint density at radius 2 is 1.83 bits per heavy atom. The van der Waals surface area contributed by atoms with Gasteiger partial charge in [0.1, 0.15) is 16.5 Å². The van der Waals surface area contributed by atoms with Crippen molar-refractivity contribution in [2.75, 3.05) is 4.72 Å². The number of thiophene rings is 1.